The first kappa shape index (κ1) is 26.5. The van der Waals surface area contributed by atoms with Crippen molar-refractivity contribution in [2.24, 2.45) is 7.05 Å². The summed E-state index contributed by atoms with van der Waals surface area (Å²) in [6.45, 7) is 5.02. The number of anilines is 4. The molecule has 0 aliphatic rings. The minimum Gasteiger partial charge on any atom is -0.506 e. The van der Waals surface area contributed by atoms with Gasteiger partial charge in [-0.1, -0.05) is 24.8 Å². The van der Waals surface area contributed by atoms with Crippen molar-refractivity contribution in [1.29, 1.82) is 0 Å². The molecule has 4 rings (SSSR count). The van der Waals surface area contributed by atoms with Gasteiger partial charge in [0.1, 0.15) is 5.75 Å². The smallest absolute Gasteiger partial charge is 0.247 e. The first-order chi connectivity index (χ1) is 18.2. The molecule has 10 nitrogen and oxygen atoms in total. The SMILES string of the molecule is C=CC(=O)Nc1cc(Nc2nc(OC)cc(-c3cn(C)c4ccccc34)n2)c(O)cc1N(C)CCN(C)C. The number of benzene rings is 2. The molecule has 0 aliphatic heterocycles. The van der Waals surface area contributed by atoms with E-state index >= 15 is 0 Å². The second-order valence-electron chi connectivity index (χ2n) is 9.22. The second-order valence-corrected chi connectivity index (χ2v) is 9.22. The Bertz CT molecular complexity index is 1480. The number of hydrogen-bond donors (Lipinski definition) is 3. The molecule has 0 saturated heterocycles. The lowest BCUT2D eigenvalue weighted by Gasteiger charge is -2.25. The van der Waals surface area contributed by atoms with Crippen LogP contribution in [0.2, 0.25) is 0 Å². The number of phenolic OH excluding ortho intramolecular Hbond substituents is 1. The number of phenols is 1. The topological polar surface area (TPSA) is 108 Å². The number of aromatic hydroxyl groups is 1. The first-order valence-corrected chi connectivity index (χ1v) is 12.1. The van der Waals surface area contributed by atoms with Crippen LogP contribution in [0.4, 0.5) is 23.0 Å². The molecular weight excluding hydrogens is 482 g/mol. The number of nitrogens with zero attached hydrogens (tertiary/aromatic N) is 5. The molecule has 0 spiro atoms. The van der Waals surface area contributed by atoms with Gasteiger partial charge < -0.3 is 34.8 Å². The Morgan fingerprint density at radius 3 is 2.61 bits per heavy atom. The molecule has 4 aromatic rings. The van der Waals surface area contributed by atoms with E-state index in [-0.39, 0.29) is 17.6 Å². The maximum atomic E-state index is 12.2. The van der Waals surface area contributed by atoms with Gasteiger partial charge >= 0.3 is 0 Å². The van der Waals surface area contributed by atoms with Crippen LogP contribution in [0.5, 0.6) is 11.6 Å². The lowest BCUT2D eigenvalue weighted by molar-refractivity contribution is -0.111. The zero-order chi connectivity index (χ0) is 27.4. The van der Waals surface area contributed by atoms with E-state index in [0.29, 0.717) is 35.2 Å². The number of fused-ring (bicyclic) bond motifs is 1. The molecule has 2 heterocycles. The molecule has 3 N–H and O–H groups in total. The third-order valence-corrected chi connectivity index (χ3v) is 6.18. The molecule has 0 radical (unpaired) electrons. The first-order valence-electron chi connectivity index (χ1n) is 12.1. The van der Waals surface area contributed by atoms with Crippen molar-refractivity contribution < 1.29 is 14.6 Å². The fraction of sp³-hybridized carbons (Fsp3) is 0.250. The molecular formula is C28H33N7O3. The van der Waals surface area contributed by atoms with E-state index in [1.165, 1.54) is 13.2 Å². The van der Waals surface area contributed by atoms with Crippen molar-refractivity contribution in [2.75, 3.05) is 56.9 Å². The lowest BCUT2D eigenvalue weighted by Crippen LogP contribution is -2.29. The maximum Gasteiger partial charge on any atom is 0.247 e. The van der Waals surface area contributed by atoms with Gasteiger partial charge in [0.05, 0.1) is 29.9 Å². The van der Waals surface area contributed by atoms with Gasteiger partial charge in [0.25, 0.3) is 0 Å². The van der Waals surface area contributed by atoms with Crippen LogP contribution in [0.3, 0.4) is 0 Å². The second kappa shape index (κ2) is 11.2. The fourth-order valence-electron chi connectivity index (χ4n) is 4.14. The number of ether oxygens (including phenoxy) is 1. The van der Waals surface area contributed by atoms with Gasteiger partial charge in [-0.15, -0.1) is 0 Å². The Labute approximate surface area is 222 Å². The van der Waals surface area contributed by atoms with Gasteiger partial charge in [-0.05, 0) is 32.3 Å². The van der Waals surface area contributed by atoms with Crippen LogP contribution >= 0.6 is 0 Å². The van der Waals surface area contributed by atoms with Gasteiger partial charge in [-0.2, -0.15) is 4.98 Å². The Kier molecular flexibility index (Phi) is 7.82. The standard InChI is InChI=1S/C28H33N7O3/c1-7-26(37)29-21-14-22(25(36)16-24(21)34(4)13-12-33(2)3)31-28-30-20(15-27(32-28)38-6)19-17-35(5)23-11-9-8-10-18(19)23/h7-11,14-17,36H,1,12-13H2,2-6H3,(H,29,37)(H,30,31,32). The van der Waals surface area contributed by atoms with E-state index in [1.807, 2.05) is 68.1 Å². The molecule has 0 unspecified atom stereocenters. The Morgan fingerprint density at radius 2 is 1.89 bits per heavy atom. The molecule has 1 amide bonds. The number of nitrogens with one attached hydrogen (secondary N) is 2. The van der Waals surface area contributed by atoms with Crippen LogP contribution in [0, 0.1) is 0 Å². The summed E-state index contributed by atoms with van der Waals surface area (Å²) in [7, 11) is 9.39. The highest BCUT2D eigenvalue weighted by molar-refractivity contribution is 6.02. The largest absolute Gasteiger partial charge is 0.506 e. The van der Waals surface area contributed by atoms with Gasteiger partial charge in [-0.25, -0.2) is 4.98 Å². The Balaban J connectivity index is 1.74. The van der Waals surface area contributed by atoms with Crippen molar-refractivity contribution >= 4 is 39.8 Å². The number of methoxy groups -OCH3 is 1. The average molecular weight is 516 g/mol. The number of aryl methyl sites for hydroxylation is 1. The molecule has 2 aromatic carbocycles. The molecule has 0 aliphatic carbocycles. The van der Waals surface area contributed by atoms with E-state index in [0.717, 1.165) is 23.0 Å². The molecule has 38 heavy (non-hydrogen) atoms. The van der Waals surface area contributed by atoms with Crippen LogP contribution < -0.4 is 20.3 Å². The number of carbonyl (C=O) groups excluding carboxylic acids is 1. The van der Waals surface area contributed by atoms with Crippen LogP contribution in [0.25, 0.3) is 22.2 Å². The monoisotopic (exact) mass is 515 g/mol. The van der Waals surface area contributed by atoms with Gasteiger partial charge in [0.15, 0.2) is 0 Å². The summed E-state index contributed by atoms with van der Waals surface area (Å²) in [4.78, 5) is 25.4. The van der Waals surface area contributed by atoms with Gasteiger partial charge in [0.2, 0.25) is 17.7 Å². The number of amides is 1. The number of para-hydroxylation sites is 1. The average Bonchev–Trinajstić information content (AvgIpc) is 3.25. The molecule has 10 heteroatoms. The van der Waals surface area contributed by atoms with Crippen LogP contribution in [-0.4, -0.2) is 71.8 Å². The minimum absolute atomic E-state index is 0.0218. The zero-order valence-corrected chi connectivity index (χ0v) is 22.3. The van der Waals surface area contributed by atoms with E-state index in [2.05, 4.69) is 27.1 Å². The summed E-state index contributed by atoms with van der Waals surface area (Å²) >= 11 is 0. The van der Waals surface area contributed by atoms with Crippen molar-refractivity contribution in [3.8, 4) is 22.9 Å². The summed E-state index contributed by atoms with van der Waals surface area (Å²) in [5.41, 5.74) is 4.15. The predicted molar refractivity (Wildman–Crippen MR) is 153 cm³/mol. The third kappa shape index (κ3) is 5.70. The van der Waals surface area contributed by atoms with E-state index in [4.69, 9.17) is 9.72 Å². The molecule has 0 saturated carbocycles. The number of rotatable bonds is 10. The summed E-state index contributed by atoms with van der Waals surface area (Å²) in [5.74, 6) is 0.216. The fourth-order valence-corrected chi connectivity index (χ4v) is 4.14. The Morgan fingerprint density at radius 1 is 1.13 bits per heavy atom. The number of aromatic nitrogens is 3. The van der Waals surface area contributed by atoms with Crippen molar-refractivity contribution in [1.82, 2.24) is 19.4 Å². The van der Waals surface area contributed by atoms with Gasteiger partial charge in [0, 0.05) is 62.0 Å². The number of carbonyl (C=O) groups is 1. The number of likely N-dealkylation sites (N-methyl/N-ethyl adjacent to an activating group) is 2. The van der Waals surface area contributed by atoms with Crippen molar-refractivity contribution in [3.05, 3.63) is 61.3 Å². The molecule has 0 atom stereocenters. The highest BCUT2D eigenvalue weighted by Crippen LogP contribution is 2.38. The quantitative estimate of drug-likeness (QED) is 0.164. The highest BCUT2D eigenvalue weighted by Gasteiger charge is 2.17. The van der Waals surface area contributed by atoms with Crippen molar-refractivity contribution in [2.45, 2.75) is 0 Å². The molecule has 2 aromatic heterocycles. The third-order valence-electron chi connectivity index (χ3n) is 6.18. The summed E-state index contributed by atoms with van der Waals surface area (Å²) < 4.78 is 7.49. The summed E-state index contributed by atoms with van der Waals surface area (Å²) in [6, 6.07) is 13.1. The number of hydrogen-bond acceptors (Lipinski definition) is 8. The highest BCUT2D eigenvalue weighted by atomic mass is 16.5. The molecule has 0 bridgehead atoms. The zero-order valence-electron chi connectivity index (χ0n) is 22.3. The van der Waals surface area contributed by atoms with Crippen LogP contribution in [0.1, 0.15) is 0 Å². The van der Waals surface area contributed by atoms with Crippen molar-refractivity contribution in [3.63, 3.8) is 0 Å². The molecule has 0 fully saturated rings. The lowest BCUT2D eigenvalue weighted by atomic mass is 10.1. The van der Waals surface area contributed by atoms with Crippen LogP contribution in [-0.2, 0) is 11.8 Å². The maximum absolute atomic E-state index is 12.2. The van der Waals surface area contributed by atoms with Crippen LogP contribution in [0.15, 0.2) is 61.3 Å². The predicted octanol–water partition coefficient (Wildman–Crippen LogP) is 4.22. The normalized spacial score (nSPS) is 11.0. The Hall–Kier alpha value is -4.57. The minimum atomic E-state index is -0.361. The van der Waals surface area contributed by atoms with E-state index in [1.54, 1.807) is 18.2 Å². The summed E-state index contributed by atoms with van der Waals surface area (Å²) in [5, 5.41) is 17.9. The van der Waals surface area contributed by atoms with E-state index < -0.39 is 0 Å². The summed E-state index contributed by atoms with van der Waals surface area (Å²) in [6.07, 6.45) is 3.21. The van der Waals surface area contributed by atoms with Gasteiger partial charge in [-0.3, -0.25) is 4.79 Å². The van der Waals surface area contributed by atoms with E-state index in [9.17, 15) is 9.90 Å². The molecule has 198 valence electrons.